The molecule has 3 N–H and O–H groups in total. The van der Waals surface area contributed by atoms with Crippen LogP contribution in [0.15, 0.2) is 0 Å². The van der Waals surface area contributed by atoms with Gasteiger partial charge in [-0.2, -0.15) is 0 Å². The lowest BCUT2D eigenvalue weighted by molar-refractivity contribution is -0.120. The van der Waals surface area contributed by atoms with E-state index in [4.69, 9.17) is 0 Å². The number of hydrogen-bond acceptors (Lipinski definition) is 4. The second-order valence-corrected chi connectivity index (χ2v) is 2.98. The van der Waals surface area contributed by atoms with Crippen molar-refractivity contribution in [1.82, 2.24) is 10.2 Å². The van der Waals surface area contributed by atoms with Crippen molar-refractivity contribution in [2.45, 2.75) is 33.2 Å². The molecule has 0 aliphatic carbocycles. The van der Waals surface area contributed by atoms with Gasteiger partial charge in [-0.3, -0.25) is 9.69 Å². The maximum absolute atomic E-state index is 10.5. The zero-order valence-corrected chi connectivity index (χ0v) is 8.32. The lowest BCUT2D eigenvalue weighted by atomic mass is 10.4. The molecule has 78 valence electrons. The van der Waals surface area contributed by atoms with E-state index < -0.39 is 12.5 Å². The van der Waals surface area contributed by atoms with E-state index in [1.807, 2.05) is 0 Å². The van der Waals surface area contributed by atoms with Crippen LogP contribution in [-0.4, -0.2) is 46.6 Å². The van der Waals surface area contributed by atoms with Gasteiger partial charge in [0.25, 0.3) is 0 Å². The number of rotatable bonds is 5. The molecule has 0 aromatic carbocycles. The highest BCUT2D eigenvalue weighted by atomic mass is 16.3. The van der Waals surface area contributed by atoms with Gasteiger partial charge in [0.05, 0.1) is 0 Å². The minimum Gasteiger partial charge on any atom is -0.379 e. The van der Waals surface area contributed by atoms with Gasteiger partial charge in [0.2, 0.25) is 5.91 Å². The molecule has 2 unspecified atom stereocenters. The molecular weight excluding hydrogens is 172 g/mol. The summed E-state index contributed by atoms with van der Waals surface area (Å²) in [5.41, 5.74) is 0. The summed E-state index contributed by atoms with van der Waals surface area (Å²) in [4.78, 5) is 12.0. The molecule has 0 rings (SSSR count). The van der Waals surface area contributed by atoms with Crippen LogP contribution in [0.2, 0.25) is 0 Å². The van der Waals surface area contributed by atoms with Crippen LogP contribution in [0.1, 0.15) is 20.8 Å². The zero-order chi connectivity index (χ0) is 10.4. The number of amides is 1. The molecule has 0 fully saturated rings. The Morgan fingerprint density at radius 2 is 1.85 bits per heavy atom. The highest BCUT2D eigenvalue weighted by Gasteiger charge is 2.14. The fourth-order valence-corrected chi connectivity index (χ4v) is 1.05. The van der Waals surface area contributed by atoms with Crippen LogP contribution in [0.4, 0.5) is 0 Å². The number of hydrogen-bond donors (Lipinski definition) is 3. The lowest BCUT2D eigenvalue weighted by Crippen LogP contribution is -2.44. The summed E-state index contributed by atoms with van der Waals surface area (Å²) < 4.78 is 0. The summed E-state index contributed by atoms with van der Waals surface area (Å²) in [6, 6.07) is 0. The number of aliphatic hydroxyl groups excluding tert-OH is 2. The van der Waals surface area contributed by atoms with E-state index in [1.165, 1.54) is 11.8 Å². The second kappa shape index (κ2) is 5.90. The summed E-state index contributed by atoms with van der Waals surface area (Å²) >= 11 is 0. The fourth-order valence-electron chi connectivity index (χ4n) is 1.05. The molecule has 0 aliphatic heterocycles. The summed E-state index contributed by atoms with van der Waals surface area (Å²) in [5, 5.41) is 21.0. The number of carbonyl (C=O) groups is 1. The maximum atomic E-state index is 10.5. The Morgan fingerprint density at radius 1 is 1.38 bits per heavy atom. The van der Waals surface area contributed by atoms with Crippen LogP contribution in [-0.2, 0) is 4.79 Å². The predicted molar refractivity (Wildman–Crippen MR) is 48.8 cm³/mol. The topological polar surface area (TPSA) is 72.8 Å². The van der Waals surface area contributed by atoms with Crippen molar-refractivity contribution in [3.63, 3.8) is 0 Å². The molecule has 0 aliphatic rings. The van der Waals surface area contributed by atoms with Crippen molar-refractivity contribution < 1.29 is 15.0 Å². The van der Waals surface area contributed by atoms with Gasteiger partial charge in [-0.05, 0) is 13.8 Å². The monoisotopic (exact) mass is 190 g/mol. The van der Waals surface area contributed by atoms with Crippen molar-refractivity contribution in [2.24, 2.45) is 0 Å². The summed E-state index contributed by atoms with van der Waals surface area (Å²) in [6.07, 6.45) is -1.43. The van der Waals surface area contributed by atoms with Crippen LogP contribution in [0.3, 0.4) is 0 Å². The van der Waals surface area contributed by atoms with Crippen molar-refractivity contribution in [1.29, 1.82) is 0 Å². The van der Waals surface area contributed by atoms with Gasteiger partial charge < -0.3 is 15.5 Å². The number of aliphatic hydroxyl groups is 2. The molecule has 0 aromatic heterocycles. The first-order chi connectivity index (χ1) is 5.95. The van der Waals surface area contributed by atoms with E-state index in [-0.39, 0.29) is 5.91 Å². The molecule has 0 radical (unpaired) electrons. The van der Waals surface area contributed by atoms with Crippen LogP contribution < -0.4 is 5.32 Å². The highest BCUT2D eigenvalue weighted by Crippen LogP contribution is 1.99. The molecule has 0 bridgehead atoms. The molecule has 0 spiro atoms. The van der Waals surface area contributed by atoms with E-state index >= 15 is 0 Å². The Hall–Kier alpha value is -0.650. The normalized spacial score (nSPS) is 15.5. The SMILES string of the molecule is CC(=O)NCCN(C(C)O)C(C)O. The van der Waals surface area contributed by atoms with Crippen molar-refractivity contribution in [3.05, 3.63) is 0 Å². The van der Waals surface area contributed by atoms with Gasteiger partial charge in [-0.1, -0.05) is 0 Å². The van der Waals surface area contributed by atoms with E-state index in [1.54, 1.807) is 13.8 Å². The Bertz CT molecular complexity index is 151. The average Bonchev–Trinajstić information content (AvgIpc) is 1.95. The minimum atomic E-state index is -0.714. The van der Waals surface area contributed by atoms with Gasteiger partial charge in [-0.25, -0.2) is 0 Å². The summed E-state index contributed by atoms with van der Waals surface area (Å²) in [6.45, 7) is 5.41. The quantitative estimate of drug-likeness (QED) is 0.491. The third-order valence-corrected chi connectivity index (χ3v) is 1.70. The van der Waals surface area contributed by atoms with E-state index in [2.05, 4.69) is 5.32 Å². The van der Waals surface area contributed by atoms with Crippen molar-refractivity contribution in [3.8, 4) is 0 Å². The molecule has 5 nitrogen and oxygen atoms in total. The third kappa shape index (κ3) is 5.57. The molecule has 0 saturated heterocycles. The standard InChI is InChI=1S/C8H18N2O3/c1-6(11)9-4-5-10(7(2)12)8(3)13/h7-8,12-13H,4-5H2,1-3H3,(H,9,11). The molecular formula is C8H18N2O3. The molecule has 0 saturated carbocycles. The first-order valence-corrected chi connectivity index (χ1v) is 4.31. The highest BCUT2D eigenvalue weighted by molar-refractivity contribution is 5.72. The first-order valence-electron chi connectivity index (χ1n) is 4.31. The minimum absolute atomic E-state index is 0.115. The van der Waals surface area contributed by atoms with Gasteiger partial charge in [-0.15, -0.1) is 0 Å². The average molecular weight is 190 g/mol. The van der Waals surface area contributed by atoms with Gasteiger partial charge in [0, 0.05) is 20.0 Å². The first kappa shape index (κ1) is 12.3. The van der Waals surface area contributed by atoms with E-state index in [0.717, 1.165) is 0 Å². The molecule has 2 atom stereocenters. The van der Waals surface area contributed by atoms with Gasteiger partial charge in [0.1, 0.15) is 12.5 Å². The Kier molecular flexibility index (Phi) is 5.61. The molecule has 0 aromatic rings. The Morgan fingerprint density at radius 3 is 2.15 bits per heavy atom. The number of nitrogens with one attached hydrogen (secondary N) is 1. The molecule has 5 heteroatoms. The van der Waals surface area contributed by atoms with Crippen LogP contribution in [0.25, 0.3) is 0 Å². The lowest BCUT2D eigenvalue weighted by Gasteiger charge is -2.27. The van der Waals surface area contributed by atoms with E-state index in [0.29, 0.717) is 13.1 Å². The van der Waals surface area contributed by atoms with Crippen molar-refractivity contribution in [2.75, 3.05) is 13.1 Å². The predicted octanol–water partition coefficient (Wildman–Crippen LogP) is -0.899. The fraction of sp³-hybridized carbons (Fsp3) is 0.875. The Balaban J connectivity index is 3.77. The third-order valence-electron chi connectivity index (χ3n) is 1.70. The van der Waals surface area contributed by atoms with Crippen LogP contribution in [0.5, 0.6) is 0 Å². The summed E-state index contributed by atoms with van der Waals surface area (Å²) in [5.74, 6) is -0.115. The largest absolute Gasteiger partial charge is 0.379 e. The smallest absolute Gasteiger partial charge is 0.216 e. The van der Waals surface area contributed by atoms with Gasteiger partial charge in [0.15, 0.2) is 0 Å². The number of carbonyl (C=O) groups excluding carboxylic acids is 1. The Labute approximate surface area is 78.4 Å². The molecule has 0 heterocycles. The summed E-state index contributed by atoms with van der Waals surface area (Å²) in [7, 11) is 0. The van der Waals surface area contributed by atoms with Crippen LogP contribution >= 0.6 is 0 Å². The second-order valence-electron chi connectivity index (χ2n) is 2.98. The van der Waals surface area contributed by atoms with Crippen LogP contribution in [0, 0.1) is 0 Å². The zero-order valence-electron chi connectivity index (χ0n) is 8.32. The maximum Gasteiger partial charge on any atom is 0.216 e. The molecule has 1 amide bonds. The van der Waals surface area contributed by atoms with Crippen molar-refractivity contribution >= 4 is 5.91 Å². The van der Waals surface area contributed by atoms with Gasteiger partial charge >= 0.3 is 0 Å². The number of nitrogens with zero attached hydrogens (tertiary/aromatic N) is 1. The van der Waals surface area contributed by atoms with E-state index in [9.17, 15) is 15.0 Å². The molecule has 13 heavy (non-hydrogen) atoms.